The minimum Gasteiger partial charge on any atom is -0.495 e. The Morgan fingerprint density at radius 1 is 0.789 bits per heavy atom. The minimum atomic E-state index is -4.17. The molecule has 196 valence electrons. The van der Waals surface area contributed by atoms with Crippen molar-refractivity contribution in [2.75, 3.05) is 18.0 Å². The number of rotatable bonds is 9. The zero-order chi connectivity index (χ0) is 27.3. The van der Waals surface area contributed by atoms with Crippen LogP contribution in [0.25, 0.3) is 0 Å². The quantitative estimate of drug-likeness (QED) is 0.301. The first-order valence-electron chi connectivity index (χ1n) is 12.3. The molecule has 0 aliphatic carbocycles. The van der Waals surface area contributed by atoms with Crippen LogP contribution in [0.3, 0.4) is 0 Å². The Bertz CT molecular complexity index is 1460. The molecular formula is C31H32N2O4S. The summed E-state index contributed by atoms with van der Waals surface area (Å²) >= 11 is 0. The van der Waals surface area contributed by atoms with Crippen LogP contribution in [-0.2, 0) is 14.8 Å². The van der Waals surface area contributed by atoms with E-state index in [0.29, 0.717) is 5.69 Å². The molecule has 0 aliphatic rings. The molecule has 4 rings (SSSR count). The van der Waals surface area contributed by atoms with Crippen LogP contribution >= 0.6 is 0 Å². The Hall–Kier alpha value is -4.10. The van der Waals surface area contributed by atoms with Gasteiger partial charge in [-0.2, -0.15) is 0 Å². The summed E-state index contributed by atoms with van der Waals surface area (Å²) in [5.41, 5.74) is 4.76. The second-order valence-corrected chi connectivity index (χ2v) is 11.2. The van der Waals surface area contributed by atoms with Gasteiger partial charge in [0.15, 0.2) is 0 Å². The highest BCUT2D eigenvalue weighted by Crippen LogP contribution is 2.32. The first kappa shape index (κ1) is 26.9. The monoisotopic (exact) mass is 528 g/mol. The second kappa shape index (κ2) is 11.5. The van der Waals surface area contributed by atoms with E-state index in [1.54, 1.807) is 30.3 Å². The van der Waals surface area contributed by atoms with Crippen molar-refractivity contribution in [1.82, 2.24) is 5.32 Å². The lowest BCUT2D eigenvalue weighted by Crippen LogP contribution is -2.42. The van der Waals surface area contributed by atoms with Crippen LogP contribution in [0.1, 0.15) is 33.9 Å². The first-order valence-corrected chi connectivity index (χ1v) is 13.8. The molecule has 0 aliphatic heterocycles. The standard InChI is InChI=1S/C31H32N2O4S/c1-22-15-16-28(37-4)29(20-22)38(35,36)33(27-18-23(2)17-24(3)19-27)21-30(34)32-31(25-11-7-5-8-12-25)26-13-9-6-10-14-26/h5-20,31H,21H2,1-4H3,(H,32,34). The van der Waals surface area contributed by atoms with Crippen molar-refractivity contribution in [1.29, 1.82) is 0 Å². The number of benzene rings is 4. The van der Waals surface area contributed by atoms with Crippen molar-refractivity contribution in [2.45, 2.75) is 31.7 Å². The molecule has 0 radical (unpaired) electrons. The van der Waals surface area contributed by atoms with E-state index >= 15 is 0 Å². The van der Waals surface area contributed by atoms with E-state index in [1.165, 1.54) is 7.11 Å². The first-order chi connectivity index (χ1) is 18.2. The van der Waals surface area contributed by atoms with Gasteiger partial charge in [0, 0.05) is 0 Å². The van der Waals surface area contributed by atoms with Gasteiger partial charge in [-0.15, -0.1) is 0 Å². The Morgan fingerprint density at radius 2 is 1.34 bits per heavy atom. The van der Waals surface area contributed by atoms with Crippen molar-refractivity contribution in [3.63, 3.8) is 0 Å². The van der Waals surface area contributed by atoms with E-state index in [4.69, 9.17) is 4.74 Å². The predicted molar refractivity (Wildman–Crippen MR) is 151 cm³/mol. The lowest BCUT2D eigenvalue weighted by atomic mass is 9.99. The van der Waals surface area contributed by atoms with Crippen LogP contribution < -0.4 is 14.4 Å². The maximum atomic E-state index is 14.1. The molecule has 0 unspecified atom stereocenters. The molecule has 6 nitrogen and oxygen atoms in total. The summed E-state index contributed by atoms with van der Waals surface area (Å²) in [6.07, 6.45) is 0. The average Bonchev–Trinajstić information content (AvgIpc) is 2.90. The highest BCUT2D eigenvalue weighted by Gasteiger charge is 2.31. The minimum absolute atomic E-state index is 0.00891. The molecule has 0 heterocycles. The molecule has 0 aromatic heterocycles. The number of ether oxygens (including phenoxy) is 1. The summed E-state index contributed by atoms with van der Waals surface area (Å²) in [6.45, 7) is 5.21. The number of carbonyl (C=O) groups excluding carboxylic acids is 1. The number of hydrogen-bond acceptors (Lipinski definition) is 4. The van der Waals surface area contributed by atoms with Crippen LogP contribution in [0.4, 0.5) is 5.69 Å². The van der Waals surface area contributed by atoms with E-state index < -0.39 is 28.5 Å². The number of sulfonamides is 1. The van der Waals surface area contributed by atoms with Gasteiger partial charge in [-0.3, -0.25) is 9.10 Å². The fourth-order valence-corrected chi connectivity index (χ4v) is 6.15. The van der Waals surface area contributed by atoms with E-state index in [2.05, 4.69) is 5.32 Å². The largest absolute Gasteiger partial charge is 0.495 e. The third-order valence-corrected chi connectivity index (χ3v) is 8.04. The highest BCUT2D eigenvalue weighted by molar-refractivity contribution is 7.93. The molecule has 1 amide bonds. The molecule has 0 saturated heterocycles. The number of hydrogen-bond donors (Lipinski definition) is 1. The van der Waals surface area contributed by atoms with Gasteiger partial charge < -0.3 is 10.1 Å². The normalized spacial score (nSPS) is 11.3. The molecular weight excluding hydrogens is 496 g/mol. The predicted octanol–water partition coefficient (Wildman–Crippen LogP) is 5.72. The maximum Gasteiger partial charge on any atom is 0.268 e. The van der Waals surface area contributed by atoms with Crippen LogP contribution in [0, 0.1) is 20.8 Å². The summed E-state index contributed by atoms with van der Waals surface area (Å²) < 4.78 is 34.8. The third-order valence-electron chi connectivity index (χ3n) is 6.24. The van der Waals surface area contributed by atoms with Gasteiger partial charge in [0.2, 0.25) is 5.91 Å². The smallest absolute Gasteiger partial charge is 0.268 e. The van der Waals surface area contributed by atoms with Crippen LogP contribution in [0.15, 0.2) is 102 Å². The highest BCUT2D eigenvalue weighted by atomic mass is 32.2. The SMILES string of the molecule is COc1ccc(C)cc1S(=O)(=O)N(CC(=O)NC(c1ccccc1)c1ccccc1)c1cc(C)cc(C)c1. The summed E-state index contributed by atoms with van der Waals surface area (Å²) in [4.78, 5) is 13.6. The number of anilines is 1. The van der Waals surface area contributed by atoms with Crippen molar-refractivity contribution in [3.8, 4) is 5.75 Å². The maximum absolute atomic E-state index is 14.1. The molecule has 4 aromatic rings. The van der Waals surface area contributed by atoms with Gasteiger partial charge >= 0.3 is 0 Å². The van der Waals surface area contributed by atoms with Crippen molar-refractivity contribution in [2.24, 2.45) is 0 Å². The van der Waals surface area contributed by atoms with Gasteiger partial charge in [0.25, 0.3) is 10.0 Å². The number of carbonyl (C=O) groups is 1. The Labute approximate surface area is 225 Å². The summed E-state index contributed by atoms with van der Waals surface area (Å²) in [7, 11) is -2.73. The zero-order valence-electron chi connectivity index (χ0n) is 22.0. The molecule has 1 N–H and O–H groups in total. The van der Waals surface area contributed by atoms with Crippen LogP contribution in [0.2, 0.25) is 0 Å². The summed E-state index contributed by atoms with van der Waals surface area (Å²) in [5, 5.41) is 3.07. The third kappa shape index (κ3) is 6.06. The number of amides is 1. The van der Waals surface area contributed by atoms with E-state index in [1.807, 2.05) is 87.5 Å². The number of methoxy groups -OCH3 is 1. The van der Waals surface area contributed by atoms with Gasteiger partial charge in [-0.05, 0) is 72.9 Å². The molecule has 0 fully saturated rings. The Kier molecular flexibility index (Phi) is 8.17. The summed E-state index contributed by atoms with van der Waals surface area (Å²) in [5.74, 6) is -0.214. The lowest BCUT2D eigenvalue weighted by molar-refractivity contribution is -0.120. The number of nitrogens with zero attached hydrogens (tertiary/aromatic N) is 1. The van der Waals surface area contributed by atoms with Gasteiger partial charge in [-0.25, -0.2) is 8.42 Å². The Balaban J connectivity index is 1.76. The van der Waals surface area contributed by atoms with E-state index in [0.717, 1.165) is 32.1 Å². The van der Waals surface area contributed by atoms with Gasteiger partial charge in [0.1, 0.15) is 17.2 Å². The van der Waals surface area contributed by atoms with Crippen molar-refractivity contribution < 1.29 is 17.9 Å². The molecule has 0 atom stereocenters. The summed E-state index contributed by atoms with van der Waals surface area (Å²) in [6, 6.07) is 29.3. The number of aryl methyl sites for hydroxylation is 3. The van der Waals surface area contributed by atoms with E-state index in [-0.39, 0.29) is 10.6 Å². The molecule has 4 aromatic carbocycles. The van der Waals surface area contributed by atoms with Crippen LogP contribution in [0.5, 0.6) is 5.75 Å². The molecule has 0 bridgehead atoms. The van der Waals surface area contributed by atoms with Gasteiger partial charge in [0.05, 0.1) is 18.8 Å². The van der Waals surface area contributed by atoms with E-state index in [9.17, 15) is 13.2 Å². The zero-order valence-corrected chi connectivity index (χ0v) is 22.8. The molecule has 7 heteroatoms. The molecule has 38 heavy (non-hydrogen) atoms. The van der Waals surface area contributed by atoms with Crippen LogP contribution in [-0.4, -0.2) is 28.0 Å². The second-order valence-electron chi connectivity index (χ2n) is 9.33. The van der Waals surface area contributed by atoms with Crippen molar-refractivity contribution in [3.05, 3.63) is 125 Å². The topological polar surface area (TPSA) is 75.7 Å². The fraction of sp³-hybridized carbons (Fsp3) is 0.194. The fourth-order valence-electron chi connectivity index (χ4n) is 4.50. The lowest BCUT2D eigenvalue weighted by Gasteiger charge is -2.27. The van der Waals surface area contributed by atoms with Gasteiger partial charge in [-0.1, -0.05) is 72.8 Å². The Morgan fingerprint density at radius 3 is 1.87 bits per heavy atom. The average molecular weight is 529 g/mol. The number of nitrogens with one attached hydrogen (secondary N) is 1. The van der Waals surface area contributed by atoms with Crippen molar-refractivity contribution >= 4 is 21.6 Å². The molecule has 0 spiro atoms. The molecule has 0 saturated carbocycles.